The van der Waals surface area contributed by atoms with Gasteiger partial charge in [-0.3, -0.25) is 9.59 Å². The summed E-state index contributed by atoms with van der Waals surface area (Å²) in [5, 5.41) is 0.454. The molecule has 1 aliphatic heterocycles. The summed E-state index contributed by atoms with van der Waals surface area (Å²) in [5.74, 6) is 0.775. The predicted octanol–water partition coefficient (Wildman–Crippen LogP) is 4.41. The van der Waals surface area contributed by atoms with Gasteiger partial charge in [0.05, 0.1) is 24.1 Å². The van der Waals surface area contributed by atoms with Crippen LogP contribution >= 0.6 is 0 Å². The number of rotatable bonds is 7. The third kappa shape index (κ3) is 3.40. The molecule has 1 aliphatic rings. The molecular formula is C25H23NO5. The molecule has 0 spiro atoms. The lowest BCUT2D eigenvalue weighted by atomic mass is 9.97. The standard InChI is InChI=1S/C25H23NO5/c1-5-11-26-22(16-8-10-19(30-12-6-2)20(14-16)29-4)21-23(27)17-13-15(3)7-9-18(17)31-24(21)25(26)28/h5-10,13-14,22H,1-2,11-12H2,3-4H3/t22-/m0/s1. The summed E-state index contributed by atoms with van der Waals surface area (Å²) in [6, 6.07) is 10.1. The second-order valence-electron chi connectivity index (χ2n) is 7.33. The minimum atomic E-state index is -0.621. The molecule has 0 unspecified atom stereocenters. The van der Waals surface area contributed by atoms with Crippen LogP contribution in [0.25, 0.3) is 11.0 Å². The number of hydrogen-bond donors (Lipinski definition) is 0. The maximum atomic E-state index is 13.5. The molecule has 6 heteroatoms. The van der Waals surface area contributed by atoms with E-state index in [-0.39, 0.29) is 23.6 Å². The van der Waals surface area contributed by atoms with Crippen molar-refractivity contribution in [1.82, 2.24) is 4.90 Å². The molecule has 0 N–H and O–H groups in total. The van der Waals surface area contributed by atoms with E-state index in [4.69, 9.17) is 13.9 Å². The molecule has 0 aliphatic carbocycles. The average molecular weight is 417 g/mol. The molecule has 0 radical (unpaired) electrons. The van der Waals surface area contributed by atoms with Crippen LogP contribution in [-0.2, 0) is 0 Å². The lowest BCUT2D eigenvalue weighted by Crippen LogP contribution is -2.29. The summed E-state index contributed by atoms with van der Waals surface area (Å²) in [7, 11) is 1.54. The molecule has 0 saturated heterocycles. The molecule has 31 heavy (non-hydrogen) atoms. The van der Waals surface area contributed by atoms with E-state index in [1.807, 2.05) is 19.1 Å². The second kappa shape index (κ2) is 8.14. The van der Waals surface area contributed by atoms with Gasteiger partial charge in [0.1, 0.15) is 12.2 Å². The number of benzene rings is 2. The summed E-state index contributed by atoms with van der Waals surface area (Å²) in [6.45, 7) is 9.92. The number of aryl methyl sites for hydroxylation is 1. The van der Waals surface area contributed by atoms with Gasteiger partial charge < -0.3 is 18.8 Å². The molecule has 2 heterocycles. The fourth-order valence-corrected chi connectivity index (χ4v) is 3.93. The van der Waals surface area contributed by atoms with Crippen LogP contribution in [0.3, 0.4) is 0 Å². The van der Waals surface area contributed by atoms with Gasteiger partial charge in [-0.2, -0.15) is 0 Å². The summed E-state index contributed by atoms with van der Waals surface area (Å²) >= 11 is 0. The van der Waals surface area contributed by atoms with Gasteiger partial charge in [-0.1, -0.05) is 36.4 Å². The summed E-state index contributed by atoms with van der Waals surface area (Å²) in [5.41, 5.74) is 2.17. The van der Waals surface area contributed by atoms with Crippen molar-refractivity contribution < 1.29 is 18.7 Å². The molecular weight excluding hydrogens is 394 g/mol. The average Bonchev–Trinajstić information content (AvgIpc) is 3.05. The van der Waals surface area contributed by atoms with E-state index in [2.05, 4.69) is 13.2 Å². The summed E-state index contributed by atoms with van der Waals surface area (Å²) in [6.07, 6.45) is 3.27. The van der Waals surface area contributed by atoms with Crippen LogP contribution in [0.2, 0.25) is 0 Å². The molecule has 4 rings (SSSR count). The molecule has 1 aromatic heterocycles. The number of amides is 1. The van der Waals surface area contributed by atoms with Gasteiger partial charge in [0.15, 0.2) is 16.9 Å². The van der Waals surface area contributed by atoms with E-state index in [1.54, 1.807) is 48.4 Å². The van der Waals surface area contributed by atoms with Crippen molar-refractivity contribution in [3.8, 4) is 11.5 Å². The van der Waals surface area contributed by atoms with Gasteiger partial charge in [-0.15, -0.1) is 6.58 Å². The van der Waals surface area contributed by atoms with Crippen molar-refractivity contribution in [2.45, 2.75) is 13.0 Å². The smallest absolute Gasteiger partial charge is 0.291 e. The Morgan fingerprint density at radius 3 is 2.61 bits per heavy atom. The van der Waals surface area contributed by atoms with Crippen molar-refractivity contribution >= 4 is 16.9 Å². The number of fused-ring (bicyclic) bond motifs is 2. The highest BCUT2D eigenvalue weighted by atomic mass is 16.5. The topological polar surface area (TPSA) is 69.0 Å². The zero-order valence-electron chi connectivity index (χ0n) is 17.5. The number of methoxy groups -OCH3 is 1. The highest BCUT2D eigenvalue weighted by Crippen LogP contribution is 2.40. The fourth-order valence-electron chi connectivity index (χ4n) is 3.93. The Morgan fingerprint density at radius 2 is 1.90 bits per heavy atom. The minimum absolute atomic E-state index is 0.0687. The van der Waals surface area contributed by atoms with Crippen molar-refractivity contribution in [3.63, 3.8) is 0 Å². The first kappa shape index (κ1) is 20.5. The highest BCUT2D eigenvalue weighted by molar-refractivity contribution is 5.99. The first-order valence-electron chi connectivity index (χ1n) is 9.91. The van der Waals surface area contributed by atoms with E-state index >= 15 is 0 Å². The zero-order valence-corrected chi connectivity index (χ0v) is 17.5. The molecule has 0 saturated carbocycles. The van der Waals surface area contributed by atoms with Crippen LogP contribution in [0.1, 0.15) is 33.3 Å². The lowest BCUT2D eigenvalue weighted by Gasteiger charge is -2.24. The Hall–Kier alpha value is -3.80. The van der Waals surface area contributed by atoms with Gasteiger partial charge in [-0.25, -0.2) is 0 Å². The quantitative estimate of drug-likeness (QED) is 0.533. The molecule has 3 aromatic rings. The molecule has 6 nitrogen and oxygen atoms in total. The SMILES string of the molecule is C=CCOc1ccc([C@H]2c3c(oc4ccc(C)cc4c3=O)C(=O)N2CC=C)cc1OC. The van der Waals surface area contributed by atoms with Crippen molar-refractivity contribution in [1.29, 1.82) is 0 Å². The molecule has 0 fully saturated rings. The fraction of sp³-hybridized carbons (Fsp3) is 0.200. The van der Waals surface area contributed by atoms with Crippen LogP contribution in [0.15, 0.2) is 70.9 Å². The van der Waals surface area contributed by atoms with Crippen molar-refractivity contribution in [2.24, 2.45) is 0 Å². The number of carbonyl (C=O) groups excluding carboxylic acids is 1. The Labute approximate surface area is 180 Å². The normalized spacial score (nSPS) is 15.1. The monoisotopic (exact) mass is 417 g/mol. The molecule has 1 atom stereocenters. The van der Waals surface area contributed by atoms with Crippen LogP contribution in [0.4, 0.5) is 0 Å². The first-order chi connectivity index (χ1) is 15.0. The second-order valence-corrected chi connectivity index (χ2v) is 7.33. The summed E-state index contributed by atoms with van der Waals surface area (Å²) < 4.78 is 17.0. The van der Waals surface area contributed by atoms with E-state index in [9.17, 15) is 9.59 Å². The van der Waals surface area contributed by atoms with Gasteiger partial charge >= 0.3 is 0 Å². The van der Waals surface area contributed by atoms with Gasteiger partial charge in [0.2, 0.25) is 5.76 Å². The Kier molecular flexibility index (Phi) is 5.38. The number of hydrogen-bond acceptors (Lipinski definition) is 5. The maximum Gasteiger partial charge on any atom is 0.291 e. The van der Waals surface area contributed by atoms with Crippen LogP contribution in [0.5, 0.6) is 11.5 Å². The van der Waals surface area contributed by atoms with Gasteiger partial charge in [-0.05, 0) is 36.8 Å². The molecule has 158 valence electrons. The Morgan fingerprint density at radius 1 is 1.10 bits per heavy atom. The zero-order chi connectivity index (χ0) is 22.1. The van der Waals surface area contributed by atoms with E-state index in [0.717, 1.165) is 11.1 Å². The van der Waals surface area contributed by atoms with Crippen LogP contribution < -0.4 is 14.9 Å². The third-order valence-electron chi connectivity index (χ3n) is 5.31. The van der Waals surface area contributed by atoms with E-state index in [1.165, 1.54) is 0 Å². The number of ether oxygens (including phenoxy) is 2. The van der Waals surface area contributed by atoms with Crippen molar-refractivity contribution in [3.05, 3.63) is 94.4 Å². The first-order valence-corrected chi connectivity index (χ1v) is 9.91. The largest absolute Gasteiger partial charge is 0.493 e. The molecule has 0 bridgehead atoms. The van der Waals surface area contributed by atoms with Crippen molar-refractivity contribution in [2.75, 3.05) is 20.3 Å². The number of nitrogens with zero attached hydrogens (tertiary/aromatic N) is 1. The summed E-state index contributed by atoms with van der Waals surface area (Å²) in [4.78, 5) is 28.2. The van der Waals surface area contributed by atoms with Gasteiger partial charge in [0.25, 0.3) is 5.91 Å². The molecule has 1 amide bonds. The van der Waals surface area contributed by atoms with Crippen LogP contribution in [0, 0.1) is 6.92 Å². The van der Waals surface area contributed by atoms with E-state index < -0.39 is 6.04 Å². The predicted molar refractivity (Wildman–Crippen MR) is 119 cm³/mol. The number of carbonyl (C=O) groups is 1. The maximum absolute atomic E-state index is 13.5. The highest BCUT2D eigenvalue weighted by Gasteiger charge is 2.42. The third-order valence-corrected chi connectivity index (χ3v) is 5.31. The Balaban J connectivity index is 1.93. The minimum Gasteiger partial charge on any atom is -0.493 e. The van der Waals surface area contributed by atoms with E-state index in [0.29, 0.717) is 34.6 Å². The molecule has 2 aromatic carbocycles. The lowest BCUT2D eigenvalue weighted by molar-refractivity contribution is 0.0748. The van der Waals surface area contributed by atoms with Gasteiger partial charge in [0, 0.05) is 6.54 Å². The Bertz CT molecular complexity index is 1260. The van der Waals surface area contributed by atoms with Crippen LogP contribution in [-0.4, -0.2) is 31.1 Å².